The Balaban J connectivity index is 1.49. The standard InChI is InChI=1S/C26H28N2O4/c1-2-31-24-10-8-21(26(30)28-13-11-19(12-14-28)25(27)29)15-22(24)17-32-23-9-7-18-5-3-4-6-20(18)16-23/h3-10,15-16,19H,2,11-14,17H2,1H3,(H2,27,29). The van der Waals surface area contributed by atoms with Gasteiger partial charge in [-0.25, -0.2) is 0 Å². The molecule has 3 aromatic rings. The van der Waals surface area contributed by atoms with Gasteiger partial charge in [0, 0.05) is 30.1 Å². The zero-order chi connectivity index (χ0) is 22.5. The number of likely N-dealkylation sites (tertiary alicyclic amines) is 1. The Morgan fingerprint density at radius 2 is 1.72 bits per heavy atom. The fourth-order valence-corrected chi connectivity index (χ4v) is 4.09. The maximum absolute atomic E-state index is 13.0. The summed E-state index contributed by atoms with van der Waals surface area (Å²) in [6.45, 7) is 3.80. The fraction of sp³-hybridized carbons (Fsp3) is 0.308. The fourth-order valence-electron chi connectivity index (χ4n) is 4.09. The van der Waals surface area contributed by atoms with Gasteiger partial charge in [0.2, 0.25) is 5.91 Å². The van der Waals surface area contributed by atoms with E-state index in [9.17, 15) is 9.59 Å². The van der Waals surface area contributed by atoms with Crippen molar-refractivity contribution in [2.45, 2.75) is 26.4 Å². The minimum atomic E-state index is -0.286. The zero-order valence-corrected chi connectivity index (χ0v) is 18.3. The lowest BCUT2D eigenvalue weighted by Gasteiger charge is -2.30. The molecule has 0 atom stereocenters. The van der Waals surface area contributed by atoms with Gasteiger partial charge in [0.05, 0.1) is 6.61 Å². The molecule has 1 saturated heterocycles. The number of carbonyl (C=O) groups is 2. The quantitative estimate of drug-likeness (QED) is 0.608. The number of piperidine rings is 1. The highest BCUT2D eigenvalue weighted by molar-refractivity contribution is 5.95. The monoisotopic (exact) mass is 432 g/mol. The van der Waals surface area contributed by atoms with Gasteiger partial charge in [-0.2, -0.15) is 0 Å². The number of fused-ring (bicyclic) bond motifs is 1. The van der Waals surface area contributed by atoms with Crippen molar-refractivity contribution in [2.24, 2.45) is 11.7 Å². The van der Waals surface area contributed by atoms with Crippen LogP contribution in [-0.4, -0.2) is 36.4 Å². The molecule has 166 valence electrons. The smallest absolute Gasteiger partial charge is 0.253 e. The molecule has 0 spiro atoms. The van der Waals surface area contributed by atoms with Crippen LogP contribution in [0.1, 0.15) is 35.7 Å². The minimum absolute atomic E-state index is 0.0528. The van der Waals surface area contributed by atoms with E-state index in [0.717, 1.165) is 22.1 Å². The van der Waals surface area contributed by atoms with Gasteiger partial charge in [0.1, 0.15) is 18.1 Å². The van der Waals surface area contributed by atoms with Gasteiger partial charge in [-0.1, -0.05) is 30.3 Å². The van der Waals surface area contributed by atoms with Gasteiger partial charge >= 0.3 is 0 Å². The molecule has 2 N–H and O–H groups in total. The van der Waals surface area contributed by atoms with Crippen LogP contribution in [-0.2, 0) is 11.4 Å². The van der Waals surface area contributed by atoms with Crippen LogP contribution in [0.4, 0.5) is 0 Å². The lowest BCUT2D eigenvalue weighted by molar-refractivity contribution is -0.123. The number of nitrogens with zero attached hydrogens (tertiary/aromatic N) is 1. The van der Waals surface area contributed by atoms with E-state index < -0.39 is 0 Å². The van der Waals surface area contributed by atoms with E-state index in [1.54, 1.807) is 11.0 Å². The third kappa shape index (κ3) is 4.85. The number of primary amides is 1. The predicted octanol–water partition coefficient (Wildman–Crippen LogP) is 4.16. The molecule has 0 unspecified atom stereocenters. The van der Waals surface area contributed by atoms with Crippen LogP contribution < -0.4 is 15.2 Å². The van der Waals surface area contributed by atoms with Crippen molar-refractivity contribution in [1.82, 2.24) is 4.90 Å². The number of benzene rings is 3. The summed E-state index contributed by atoms with van der Waals surface area (Å²) in [5.74, 6) is 0.980. The van der Waals surface area contributed by atoms with Crippen LogP contribution in [0.3, 0.4) is 0 Å². The molecule has 2 amide bonds. The first-order valence-corrected chi connectivity index (χ1v) is 11.0. The molecule has 1 fully saturated rings. The number of hydrogen-bond donors (Lipinski definition) is 1. The van der Waals surface area contributed by atoms with E-state index in [4.69, 9.17) is 15.2 Å². The molecule has 1 heterocycles. The van der Waals surface area contributed by atoms with Crippen LogP contribution in [0.5, 0.6) is 11.5 Å². The van der Waals surface area contributed by atoms with Gasteiger partial charge in [-0.05, 0) is 60.9 Å². The summed E-state index contributed by atoms with van der Waals surface area (Å²) >= 11 is 0. The lowest BCUT2D eigenvalue weighted by Crippen LogP contribution is -2.41. The second-order valence-electron chi connectivity index (χ2n) is 8.02. The second-order valence-corrected chi connectivity index (χ2v) is 8.02. The first-order valence-electron chi connectivity index (χ1n) is 11.0. The third-order valence-corrected chi connectivity index (χ3v) is 5.91. The first-order chi connectivity index (χ1) is 15.5. The molecule has 6 nitrogen and oxygen atoms in total. The average molecular weight is 433 g/mol. The number of rotatable bonds is 7. The Labute approximate surface area is 187 Å². The van der Waals surface area contributed by atoms with Gasteiger partial charge < -0.3 is 20.1 Å². The molecule has 0 aliphatic carbocycles. The molecule has 0 radical (unpaired) electrons. The molecular weight excluding hydrogens is 404 g/mol. The summed E-state index contributed by atoms with van der Waals surface area (Å²) in [6.07, 6.45) is 1.21. The number of carbonyl (C=O) groups excluding carboxylic acids is 2. The highest BCUT2D eigenvalue weighted by atomic mass is 16.5. The van der Waals surface area contributed by atoms with E-state index in [-0.39, 0.29) is 17.7 Å². The summed E-state index contributed by atoms with van der Waals surface area (Å²) in [7, 11) is 0. The van der Waals surface area contributed by atoms with Crippen LogP contribution in [0, 0.1) is 5.92 Å². The topological polar surface area (TPSA) is 81.9 Å². The summed E-state index contributed by atoms with van der Waals surface area (Å²) in [6, 6.07) is 19.6. The molecule has 0 bridgehead atoms. The third-order valence-electron chi connectivity index (χ3n) is 5.91. The number of amides is 2. The van der Waals surface area contributed by atoms with Crippen molar-refractivity contribution in [1.29, 1.82) is 0 Å². The summed E-state index contributed by atoms with van der Waals surface area (Å²) in [5, 5.41) is 2.26. The second kappa shape index (κ2) is 9.73. The predicted molar refractivity (Wildman–Crippen MR) is 124 cm³/mol. The van der Waals surface area contributed by atoms with Crippen molar-refractivity contribution >= 4 is 22.6 Å². The molecule has 4 rings (SSSR count). The summed E-state index contributed by atoms with van der Waals surface area (Å²) in [4.78, 5) is 26.2. The van der Waals surface area contributed by atoms with Crippen molar-refractivity contribution in [3.05, 3.63) is 71.8 Å². The molecule has 1 aliphatic rings. The average Bonchev–Trinajstić information content (AvgIpc) is 2.83. The van der Waals surface area contributed by atoms with Crippen LogP contribution in [0.15, 0.2) is 60.7 Å². The first kappa shape index (κ1) is 21.7. The largest absolute Gasteiger partial charge is 0.493 e. The summed E-state index contributed by atoms with van der Waals surface area (Å²) < 4.78 is 11.8. The van der Waals surface area contributed by atoms with Crippen LogP contribution >= 0.6 is 0 Å². The number of hydrogen-bond acceptors (Lipinski definition) is 4. The molecule has 1 aliphatic heterocycles. The highest BCUT2D eigenvalue weighted by Gasteiger charge is 2.26. The van der Waals surface area contributed by atoms with Crippen LogP contribution in [0.25, 0.3) is 10.8 Å². The van der Waals surface area contributed by atoms with Crippen molar-refractivity contribution in [3.8, 4) is 11.5 Å². The van der Waals surface area contributed by atoms with Gasteiger partial charge in [0.25, 0.3) is 5.91 Å². The number of nitrogens with two attached hydrogens (primary N) is 1. The molecular formula is C26H28N2O4. The Bertz CT molecular complexity index is 1120. The lowest BCUT2D eigenvalue weighted by atomic mass is 9.95. The van der Waals surface area contributed by atoms with E-state index >= 15 is 0 Å². The zero-order valence-electron chi connectivity index (χ0n) is 18.3. The van der Waals surface area contributed by atoms with Crippen molar-refractivity contribution in [2.75, 3.05) is 19.7 Å². The summed E-state index contributed by atoms with van der Waals surface area (Å²) in [5.41, 5.74) is 6.81. The van der Waals surface area contributed by atoms with E-state index in [1.165, 1.54) is 0 Å². The Kier molecular flexibility index (Phi) is 6.59. The Morgan fingerprint density at radius 3 is 2.44 bits per heavy atom. The Morgan fingerprint density at radius 1 is 0.969 bits per heavy atom. The highest BCUT2D eigenvalue weighted by Crippen LogP contribution is 2.26. The van der Waals surface area contributed by atoms with Gasteiger partial charge in [-0.3, -0.25) is 9.59 Å². The molecule has 0 aromatic heterocycles. The molecule has 6 heteroatoms. The van der Waals surface area contributed by atoms with E-state index in [2.05, 4.69) is 12.1 Å². The molecule has 3 aromatic carbocycles. The van der Waals surface area contributed by atoms with Crippen molar-refractivity contribution in [3.63, 3.8) is 0 Å². The van der Waals surface area contributed by atoms with Crippen LogP contribution in [0.2, 0.25) is 0 Å². The van der Waals surface area contributed by atoms with E-state index in [1.807, 2.05) is 49.4 Å². The minimum Gasteiger partial charge on any atom is -0.493 e. The Hall–Kier alpha value is -3.54. The molecule has 32 heavy (non-hydrogen) atoms. The van der Waals surface area contributed by atoms with Crippen molar-refractivity contribution < 1.29 is 19.1 Å². The molecule has 0 saturated carbocycles. The van der Waals surface area contributed by atoms with Gasteiger partial charge in [-0.15, -0.1) is 0 Å². The normalized spacial score (nSPS) is 14.3. The number of ether oxygens (including phenoxy) is 2. The van der Waals surface area contributed by atoms with E-state index in [0.29, 0.717) is 50.5 Å². The maximum Gasteiger partial charge on any atom is 0.253 e. The van der Waals surface area contributed by atoms with Gasteiger partial charge in [0.15, 0.2) is 0 Å². The SMILES string of the molecule is CCOc1ccc(C(=O)N2CCC(C(N)=O)CC2)cc1COc1ccc2ccccc2c1. The maximum atomic E-state index is 13.0.